The monoisotopic (exact) mass is 404 g/mol. The second-order valence-electron chi connectivity index (χ2n) is 5.78. The van der Waals surface area contributed by atoms with Crippen molar-refractivity contribution >= 4 is 26.6 Å². The number of benzene rings is 2. The molecular formula is C20H20O7S. The molecule has 0 aliphatic heterocycles. The van der Waals surface area contributed by atoms with Crippen molar-refractivity contribution in [3.63, 3.8) is 0 Å². The van der Waals surface area contributed by atoms with Crippen LogP contribution in [-0.2, 0) is 14.6 Å². The van der Waals surface area contributed by atoms with E-state index in [-0.39, 0.29) is 33.5 Å². The number of hydrogen-bond donors (Lipinski definition) is 2. The number of phenolic OH excluding ortho intramolecular Hbond substituents is 2. The standard InChI is InChI=1S/C20H20O7S/c1-13(21)10-20(15-5-7-17(23)19(12-15)27-3)28(24,25)9-8-14-4-6-16(22)18(11-14)26-2/h4-12,22-23H,1-3H3/b9-8?,20-10+. The molecule has 7 nitrogen and oxygen atoms in total. The molecule has 2 rings (SSSR count). The van der Waals surface area contributed by atoms with E-state index in [0.29, 0.717) is 5.56 Å². The van der Waals surface area contributed by atoms with Crippen molar-refractivity contribution in [2.75, 3.05) is 14.2 Å². The lowest BCUT2D eigenvalue weighted by molar-refractivity contribution is -0.112. The molecule has 0 spiro atoms. The zero-order chi connectivity index (χ0) is 20.9. The highest BCUT2D eigenvalue weighted by Gasteiger charge is 2.19. The van der Waals surface area contributed by atoms with Gasteiger partial charge in [0, 0.05) is 11.5 Å². The minimum Gasteiger partial charge on any atom is -0.504 e. The third-order valence-electron chi connectivity index (χ3n) is 3.75. The topological polar surface area (TPSA) is 110 Å². The van der Waals surface area contributed by atoms with E-state index in [1.807, 2.05) is 0 Å². The van der Waals surface area contributed by atoms with Crippen LogP contribution < -0.4 is 9.47 Å². The summed E-state index contributed by atoms with van der Waals surface area (Å²) >= 11 is 0. The maximum absolute atomic E-state index is 12.9. The Balaban J connectivity index is 2.50. The van der Waals surface area contributed by atoms with Gasteiger partial charge in [-0.1, -0.05) is 6.07 Å². The molecule has 0 radical (unpaired) electrons. The van der Waals surface area contributed by atoms with E-state index in [9.17, 15) is 23.4 Å². The lowest BCUT2D eigenvalue weighted by Gasteiger charge is -2.09. The van der Waals surface area contributed by atoms with E-state index in [1.165, 1.54) is 63.6 Å². The van der Waals surface area contributed by atoms with E-state index < -0.39 is 15.6 Å². The first-order valence-electron chi connectivity index (χ1n) is 8.07. The first-order chi connectivity index (χ1) is 13.2. The molecule has 8 heteroatoms. The minimum atomic E-state index is -4.02. The van der Waals surface area contributed by atoms with Gasteiger partial charge in [-0.05, 0) is 54.5 Å². The maximum Gasteiger partial charge on any atom is 0.200 e. The fourth-order valence-corrected chi connectivity index (χ4v) is 3.65. The fourth-order valence-electron chi connectivity index (χ4n) is 2.38. The van der Waals surface area contributed by atoms with Gasteiger partial charge in [-0.15, -0.1) is 0 Å². The summed E-state index contributed by atoms with van der Waals surface area (Å²) in [5.74, 6) is -0.407. The summed E-state index contributed by atoms with van der Waals surface area (Å²) in [6.07, 6.45) is 2.33. The molecule has 2 N–H and O–H groups in total. The number of methoxy groups -OCH3 is 2. The first-order valence-corrected chi connectivity index (χ1v) is 9.62. The second-order valence-corrected chi connectivity index (χ2v) is 7.59. The summed E-state index contributed by atoms with van der Waals surface area (Å²) in [6, 6.07) is 8.36. The lowest BCUT2D eigenvalue weighted by atomic mass is 10.1. The molecule has 2 aromatic carbocycles. The SMILES string of the molecule is COc1cc(C=CS(=O)(=O)/C(=C/C(C)=O)c2ccc(O)c(OC)c2)ccc1O. The van der Waals surface area contributed by atoms with Crippen LogP contribution in [-0.4, -0.2) is 38.6 Å². The molecule has 0 atom stereocenters. The molecule has 0 saturated carbocycles. The van der Waals surface area contributed by atoms with Gasteiger partial charge >= 0.3 is 0 Å². The predicted octanol–water partition coefficient (Wildman–Crippen LogP) is 3.13. The molecular weight excluding hydrogens is 384 g/mol. The Kier molecular flexibility index (Phi) is 6.48. The first kappa shape index (κ1) is 21.0. The van der Waals surface area contributed by atoms with Gasteiger partial charge in [0.2, 0.25) is 9.84 Å². The molecule has 28 heavy (non-hydrogen) atoms. The Labute approximate surface area is 163 Å². The molecule has 0 heterocycles. The molecule has 148 valence electrons. The number of allylic oxidation sites excluding steroid dienone is 1. The van der Waals surface area contributed by atoms with Crippen molar-refractivity contribution in [1.29, 1.82) is 0 Å². The summed E-state index contributed by atoms with van der Waals surface area (Å²) in [5.41, 5.74) is 0.668. The van der Waals surface area contributed by atoms with E-state index in [4.69, 9.17) is 9.47 Å². The molecule has 0 fully saturated rings. The Morgan fingerprint density at radius 1 is 0.964 bits per heavy atom. The van der Waals surface area contributed by atoms with Gasteiger partial charge < -0.3 is 19.7 Å². The largest absolute Gasteiger partial charge is 0.504 e. The number of ether oxygens (including phenoxy) is 2. The average molecular weight is 404 g/mol. The minimum absolute atomic E-state index is 0.0733. The summed E-state index contributed by atoms with van der Waals surface area (Å²) in [5, 5.41) is 20.3. The van der Waals surface area contributed by atoms with E-state index in [0.717, 1.165) is 11.5 Å². The van der Waals surface area contributed by atoms with Crippen LogP contribution in [0.3, 0.4) is 0 Å². The van der Waals surface area contributed by atoms with Crippen molar-refractivity contribution in [3.8, 4) is 23.0 Å². The summed E-state index contributed by atoms with van der Waals surface area (Å²) in [4.78, 5) is 11.4. The van der Waals surface area contributed by atoms with Crippen molar-refractivity contribution in [2.24, 2.45) is 0 Å². The third kappa shape index (κ3) is 4.92. The van der Waals surface area contributed by atoms with Crippen LogP contribution in [0.15, 0.2) is 47.9 Å². The van der Waals surface area contributed by atoms with Gasteiger partial charge in [0.05, 0.1) is 19.1 Å². The van der Waals surface area contributed by atoms with Gasteiger partial charge in [-0.25, -0.2) is 8.42 Å². The van der Waals surface area contributed by atoms with Crippen LogP contribution in [0.2, 0.25) is 0 Å². The van der Waals surface area contributed by atoms with Crippen LogP contribution in [0.4, 0.5) is 0 Å². The molecule has 0 aliphatic carbocycles. The van der Waals surface area contributed by atoms with Crippen LogP contribution >= 0.6 is 0 Å². The predicted molar refractivity (Wildman–Crippen MR) is 106 cm³/mol. The fraction of sp³-hybridized carbons (Fsp3) is 0.150. The van der Waals surface area contributed by atoms with Crippen LogP contribution in [0.5, 0.6) is 23.0 Å². The van der Waals surface area contributed by atoms with Crippen molar-refractivity contribution in [1.82, 2.24) is 0 Å². The van der Waals surface area contributed by atoms with Crippen molar-refractivity contribution in [3.05, 3.63) is 59.0 Å². The number of aromatic hydroxyl groups is 2. The number of sulfone groups is 1. The number of rotatable bonds is 7. The highest BCUT2D eigenvalue weighted by molar-refractivity contribution is 8.03. The zero-order valence-electron chi connectivity index (χ0n) is 15.5. The molecule has 2 aromatic rings. The van der Waals surface area contributed by atoms with Crippen LogP contribution in [0.1, 0.15) is 18.1 Å². The Hall–Kier alpha value is -3.26. The number of carbonyl (C=O) groups is 1. The van der Waals surface area contributed by atoms with Crippen molar-refractivity contribution < 1.29 is 32.9 Å². The summed E-state index contributed by atoms with van der Waals surface area (Å²) in [7, 11) is -1.30. The van der Waals surface area contributed by atoms with Gasteiger partial charge in [-0.3, -0.25) is 4.79 Å². The smallest absolute Gasteiger partial charge is 0.200 e. The van der Waals surface area contributed by atoms with Gasteiger partial charge in [0.15, 0.2) is 28.8 Å². The zero-order valence-corrected chi connectivity index (χ0v) is 16.4. The van der Waals surface area contributed by atoms with Gasteiger partial charge in [0.25, 0.3) is 0 Å². The highest BCUT2D eigenvalue weighted by atomic mass is 32.2. The van der Waals surface area contributed by atoms with E-state index in [1.54, 1.807) is 0 Å². The number of carbonyl (C=O) groups excluding carboxylic acids is 1. The number of hydrogen-bond acceptors (Lipinski definition) is 7. The quantitative estimate of drug-likeness (QED) is 0.682. The van der Waals surface area contributed by atoms with E-state index >= 15 is 0 Å². The highest BCUT2D eigenvalue weighted by Crippen LogP contribution is 2.32. The Bertz CT molecular complexity index is 1050. The number of phenols is 2. The third-order valence-corrected chi connectivity index (χ3v) is 5.21. The molecule has 0 aromatic heterocycles. The number of ketones is 1. The summed E-state index contributed by atoms with van der Waals surface area (Å²) in [6.45, 7) is 1.24. The molecule has 0 saturated heterocycles. The molecule has 0 bridgehead atoms. The van der Waals surface area contributed by atoms with Crippen LogP contribution in [0.25, 0.3) is 11.0 Å². The maximum atomic E-state index is 12.9. The summed E-state index contributed by atoms with van der Waals surface area (Å²) < 4.78 is 35.7. The Morgan fingerprint density at radius 3 is 2.11 bits per heavy atom. The normalized spacial score (nSPS) is 12.2. The molecule has 0 unspecified atom stereocenters. The lowest BCUT2D eigenvalue weighted by Crippen LogP contribution is -2.02. The van der Waals surface area contributed by atoms with Gasteiger partial charge in [-0.2, -0.15) is 0 Å². The Morgan fingerprint density at radius 2 is 1.54 bits per heavy atom. The average Bonchev–Trinajstić information content (AvgIpc) is 2.66. The molecule has 0 amide bonds. The van der Waals surface area contributed by atoms with Crippen LogP contribution in [0, 0.1) is 0 Å². The van der Waals surface area contributed by atoms with Crippen molar-refractivity contribution in [2.45, 2.75) is 6.92 Å². The van der Waals surface area contributed by atoms with E-state index in [2.05, 4.69) is 0 Å². The van der Waals surface area contributed by atoms with Gasteiger partial charge in [0.1, 0.15) is 0 Å². The second kappa shape index (κ2) is 8.62. The molecule has 0 aliphatic rings.